The van der Waals surface area contributed by atoms with Crippen molar-refractivity contribution in [2.24, 2.45) is 0 Å². The van der Waals surface area contributed by atoms with Crippen LogP contribution in [0, 0.1) is 13.8 Å². The zero-order valence-corrected chi connectivity index (χ0v) is 13.8. The van der Waals surface area contributed by atoms with Crippen molar-refractivity contribution in [3.05, 3.63) is 70.3 Å². The van der Waals surface area contributed by atoms with Crippen molar-refractivity contribution in [2.75, 3.05) is 6.61 Å². The summed E-state index contributed by atoms with van der Waals surface area (Å²) in [5.74, 6) is 1.31. The molecule has 0 aliphatic carbocycles. The molecule has 1 N–H and O–H groups in total. The minimum atomic E-state index is -0.802. The highest BCUT2D eigenvalue weighted by atomic mass is 16.5. The van der Waals surface area contributed by atoms with Crippen LogP contribution in [0.5, 0.6) is 5.75 Å². The number of aryl methyl sites for hydroxylation is 2. The van der Waals surface area contributed by atoms with Gasteiger partial charge in [-0.15, -0.1) is 0 Å². The number of aliphatic hydroxyl groups is 1. The molecule has 0 amide bonds. The van der Waals surface area contributed by atoms with Crippen LogP contribution in [0.3, 0.4) is 0 Å². The molecule has 0 bridgehead atoms. The Kier molecular flexibility index (Phi) is 4.62. The number of nitrogens with zero attached hydrogens (tertiary/aromatic N) is 2. The lowest BCUT2D eigenvalue weighted by Crippen LogP contribution is -2.32. The van der Waals surface area contributed by atoms with Crippen molar-refractivity contribution in [3.8, 4) is 5.75 Å². The summed E-state index contributed by atoms with van der Waals surface area (Å²) < 4.78 is 7.15. The van der Waals surface area contributed by atoms with E-state index in [9.17, 15) is 9.90 Å². The molecule has 24 heavy (non-hydrogen) atoms. The third-order valence-corrected chi connectivity index (χ3v) is 3.97. The van der Waals surface area contributed by atoms with Crippen LogP contribution < -0.4 is 10.3 Å². The molecule has 0 aliphatic heterocycles. The van der Waals surface area contributed by atoms with Crippen LogP contribution in [-0.4, -0.2) is 27.4 Å². The smallest absolute Gasteiger partial charge is 0.261 e. The lowest BCUT2D eigenvalue weighted by molar-refractivity contribution is 0.0906. The molecular weight excluding hydrogens is 304 g/mol. The van der Waals surface area contributed by atoms with Gasteiger partial charge in [-0.25, -0.2) is 4.98 Å². The van der Waals surface area contributed by atoms with Crippen LogP contribution in [0.15, 0.2) is 53.3 Å². The van der Waals surface area contributed by atoms with Gasteiger partial charge in [0.15, 0.2) is 0 Å². The Morgan fingerprint density at radius 2 is 1.83 bits per heavy atom. The molecule has 1 atom stereocenters. The first-order valence-electron chi connectivity index (χ1n) is 7.89. The molecule has 1 unspecified atom stereocenters. The van der Waals surface area contributed by atoms with E-state index < -0.39 is 6.10 Å². The van der Waals surface area contributed by atoms with E-state index in [0.717, 1.165) is 11.3 Å². The Bertz CT molecular complexity index is 918. The molecule has 3 rings (SSSR count). The van der Waals surface area contributed by atoms with Crippen molar-refractivity contribution in [2.45, 2.75) is 26.5 Å². The number of rotatable bonds is 5. The predicted molar refractivity (Wildman–Crippen MR) is 93.4 cm³/mol. The number of ether oxygens (including phenoxy) is 1. The number of hydrogen-bond acceptors (Lipinski definition) is 4. The van der Waals surface area contributed by atoms with E-state index in [1.807, 2.05) is 49.4 Å². The Morgan fingerprint density at radius 3 is 2.62 bits per heavy atom. The fourth-order valence-electron chi connectivity index (χ4n) is 2.66. The Balaban J connectivity index is 1.77. The third-order valence-electron chi connectivity index (χ3n) is 3.97. The summed E-state index contributed by atoms with van der Waals surface area (Å²) in [6, 6.07) is 14.8. The quantitative estimate of drug-likeness (QED) is 0.783. The molecule has 0 radical (unpaired) electrons. The third kappa shape index (κ3) is 3.31. The van der Waals surface area contributed by atoms with Gasteiger partial charge in [0.2, 0.25) is 0 Å². The summed E-state index contributed by atoms with van der Waals surface area (Å²) in [5, 5.41) is 10.8. The molecule has 2 aromatic carbocycles. The van der Waals surface area contributed by atoms with E-state index in [0.29, 0.717) is 16.7 Å². The highest BCUT2D eigenvalue weighted by Crippen LogP contribution is 2.16. The topological polar surface area (TPSA) is 64.3 Å². The minimum Gasteiger partial charge on any atom is -0.491 e. The van der Waals surface area contributed by atoms with Crippen molar-refractivity contribution in [1.29, 1.82) is 0 Å². The van der Waals surface area contributed by atoms with Crippen molar-refractivity contribution in [3.63, 3.8) is 0 Å². The zero-order chi connectivity index (χ0) is 17.1. The van der Waals surface area contributed by atoms with E-state index in [1.165, 1.54) is 4.57 Å². The molecule has 5 nitrogen and oxygen atoms in total. The van der Waals surface area contributed by atoms with Gasteiger partial charge in [0.25, 0.3) is 5.56 Å². The van der Waals surface area contributed by atoms with Crippen LogP contribution in [0.4, 0.5) is 0 Å². The lowest BCUT2D eigenvalue weighted by Gasteiger charge is -2.16. The number of benzene rings is 2. The minimum absolute atomic E-state index is 0.115. The standard InChI is InChI=1S/C19H20N2O3/c1-13-7-3-6-10-18(13)24-12-15(22)11-21-14(2)20-17-9-5-4-8-16(17)19(21)23/h3-10,15,22H,11-12H2,1-2H3. The van der Waals surface area contributed by atoms with Gasteiger partial charge in [-0.3, -0.25) is 9.36 Å². The maximum absolute atomic E-state index is 12.6. The maximum atomic E-state index is 12.6. The monoisotopic (exact) mass is 324 g/mol. The number of para-hydroxylation sites is 2. The zero-order valence-electron chi connectivity index (χ0n) is 13.8. The highest BCUT2D eigenvalue weighted by Gasteiger charge is 2.13. The molecule has 0 spiro atoms. The number of aliphatic hydroxyl groups excluding tert-OH is 1. The second kappa shape index (κ2) is 6.84. The molecule has 0 fully saturated rings. The van der Waals surface area contributed by atoms with Crippen molar-refractivity contribution < 1.29 is 9.84 Å². The number of aromatic nitrogens is 2. The molecular formula is C19H20N2O3. The van der Waals surface area contributed by atoms with E-state index in [-0.39, 0.29) is 18.7 Å². The normalized spacial score (nSPS) is 12.3. The Morgan fingerprint density at radius 1 is 1.12 bits per heavy atom. The van der Waals surface area contributed by atoms with Crippen LogP contribution >= 0.6 is 0 Å². The molecule has 1 aromatic heterocycles. The average molecular weight is 324 g/mol. The van der Waals surface area contributed by atoms with Gasteiger partial charge >= 0.3 is 0 Å². The van der Waals surface area contributed by atoms with E-state index in [2.05, 4.69) is 4.98 Å². The molecule has 5 heteroatoms. The number of fused-ring (bicyclic) bond motifs is 1. The van der Waals surface area contributed by atoms with Crippen molar-refractivity contribution in [1.82, 2.24) is 9.55 Å². The summed E-state index contributed by atoms with van der Waals surface area (Å²) in [4.78, 5) is 17.0. The van der Waals surface area contributed by atoms with Crippen LogP contribution in [0.2, 0.25) is 0 Å². The fourth-order valence-corrected chi connectivity index (χ4v) is 2.66. The lowest BCUT2D eigenvalue weighted by atomic mass is 10.2. The number of hydrogen-bond donors (Lipinski definition) is 1. The van der Waals surface area contributed by atoms with Gasteiger partial charge < -0.3 is 9.84 Å². The molecule has 0 saturated carbocycles. The van der Waals surface area contributed by atoms with Gasteiger partial charge in [0, 0.05) is 0 Å². The second-order valence-corrected chi connectivity index (χ2v) is 5.82. The molecule has 0 saturated heterocycles. The first-order valence-corrected chi connectivity index (χ1v) is 7.89. The van der Waals surface area contributed by atoms with Crippen LogP contribution in [0.25, 0.3) is 10.9 Å². The summed E-state index contributed by atoms with van der Waals surface area (Å²) in [7, 11) is 0. The van der Waals surface area contributed by atoms with Gasteiger partial charge in [-0.05, 0) is 37.6 Å². The maximum Gasteiger partial charge on any atom is 0.261 e. The summed E-state index contributed by atoms with van der Waals surface area (Å²) in [6.07, 6.45) is -0.802. The predicted octanol–water partition coefficient (Wildman–Crippen LogP) is 2.45. The van der Waals surface area contributed by atoms with Gasteiger partial charge in [0.1, 0.15) is 24.3 Å². The van der Waals surface area contributed by atoms with Crippen LogP contribution in [-0.2, 0) is 6.54 Å². The van der Waals surface area contributed by atoms with E-state index >= 15 is 0 Å². The Labute approximate surface area is 140 Å². The molecule has 1 heterocycles. The first kappa shape index (κ1) is 16.2. The molecule has 3 aromatic rings. The van der Waals surface area contributed by atoms with Gasteiger partial charge in [-0.2, -0.15) is 0 Å². The van der Waals surface area contributed by atoms with E-state index in [4.69, 9.17) is 4.74 Å². The van der Waals surface area contributed by atoms with Crippen LogP contribution in [0.1, 0.15) is 11.4 Å². The molecule has 0 aliphatic rings. The van der Waals surface area contributed by atoms with E-state index in [1.54, 1.807) is 13.0 Å². The fraction of sp³-hybridized carbons (Fsp3) is 0.263. The SMILES string of the molecule is Cc1ccccc1OCC(O)Cn1c(C)nc2ccccc2c1=O. The van der Waals surface area contributed by atoms with Crippen molar-refractivity contribution >= 4 is 10.9 Å². The average Bonchev–Trinajstić information content (AvgIpc) is 2.58. The summed E-state index contributed by atoms with van der Waals surface area (Å²) >= 11 is 0. The Hall–Kier alpha value is -2.66. The summed E-state index contributed by atoms with van der Waals surface area (Å²) in [5.41, 5.74) is 1.53. The second-order valence-electron chi connectivity index (χ2n) is 5.82. The largest absolute Gasteiger partial charge is 0.491 e. The summed E-state index contributed by atoms with van der Waals surface area (Å²) in [6.45, 7) is 3.98. The highest BCUT2D eigenvalue weighted by molar-refractivity contribution is 5.77. The van der Waals surface area contributed by atoms with Gasteiger partial charge in [-0.1, -0.05) is 30.3 Å². The first-order chi connectivity index (χ1) is 11.6. The van der Waals surface area contributed by atoms with Gasteiger partial charge in [0.05, 0.1) is 17.4 Å². The molecule has 124 valence electrons.